The Morgan fingerprint density at radius 1 is 1.06 bits per heavy atom. The number of pyridine rings is 2. The zero-order chi connectivity index (χ0) is 22.7. The minimum Gasteiger partial charge on any atom is -0.398 e. The fraction of sp³-hybridized carbons (Fsp3) is 0.0870. The molecular formula is C23H20N6O2S. The van der Waals surface area contributed by atoms with Gasteiger partial charge in [0.1, 0.15) is 5.82 Å². The maximum Gasteiger partial charge on any atom is 0.322 e. The minimum atomic E-state index is -3.93. The molecule has 0 bridgehead atoms. The van der Waals surface area contributed by atoms with Gasteiger partial charge in [-0.25, -0.2) is 4.98 Å². The van der Waals surface area contributed by atoms with Gasteiger partial charge < -0.3 is 5.73 Å². The highest BCUT2D eigenvalue weighted by Crippen LogP contribution is 2.31. The van der Waals surface area contributed by atoms with Crippen LogP contribution >= 0.6 is 0 Å². The first-order chi connectivity index (χ1) is 15.3. The van der Waals surface area contributed by atoms with Crippen LogP contribution in [-0.2, 0) is 16.6 Å². The van der Waals surface area contributed by atoms with Gasteiger partial charge in [0.25, 0.3) is 0 Å². The molecule has 2 aromatic heterocycles. The lowest BCUT2D eigenvalue weighted by atomic mass is 9.99. The largest absolute Gasteiger partial charge is 0.398 e. The molecule has 0 radical (unpaired) electrons. The number of nitrogens with zero attached hydrogens (tertiary/aromatic N) is 3. The van der Waals surface area contributed by atoms with E-state index in [0.29, 0.717) is 11.4 Å². The molecule has 0 saturated heterocycles. The Bertz CT molecular complexity index is 1440. The van der Waals surface area contributed by atoms with Crippen LogP contribution in [0.15, 0.2) is 67.1 Å². The van der Waals surface area contributed by atoms with Crippen molar-refractivity contribution in [2.45, 2.75) is 13.3 Å². The third-order valence-electron chi connectivity index (χ3n) is 4.95. The summed E-state index contributed by atoms with van der Waals surface area (Å²) >= 11 is 0. The molecule has 32 heavy (non-hydrogen) atoms. The second kappa shape index (κ2) is 8.53. The van der Waals surface area contributed by atoms with Crippen molar-refractivity contribution in [3.05, 3.63) is 78.2 Å². The quantitative estimate of drug-likeness (QED) is 0.385. The summed E-state index contributed by atoms with van der Waals surface area (Å²) < 4.78 is 30.0. The van der Waals surface area contributed by atoms with Crippen LogP contribution in [0.3, 0.4) is 0 Å². The second-order valence-electron chi connectivity index (χ2n) is 7.29. The summed E-state index contributed by atoms with van der Waals surface area (Å²) in [5.41, 5.74) is 10.8. The monoisotopic (exact) mass is 444 g/mol. The van der Waals surface area contributed by atoms with Crippen molar-refractivity contribution in [2.24, 2.45) is 0 Å². The number of benzene rings is 2. The zero-order valence-electron chi connectivity index (χ0n) is 17.2. The average molecular weight is 445 g/mol. The number of rotatable bonds is 6. The Morgan fingerprint density at radius 3 is 2.56 bits per heavy atom. The summed E-state index contributed by atoms with van der Waals surface area (Å²) in [6.45, 7) is 1.99. The number of nitrogens with two attached hydrogens (primary N) is 1. The Labute approximate surface area is 185 Å². The highest BCUT2D eigenvalue weighted by atomic mass is 32.2. The van der Waals surface area contributed by atoms with Gasteiger partial charge in [-0.2, -0.15) is 13.7 Å². The third-order valence-corrected chi connectivity index (χ3v) is 5.93. The lowest BCUT2D eigenvalue weighted by Gasteiger charge is -2.12. The first-order valence-corrected chi connectivity index (χ1v) is 11.2. The summed E-state index contributed by atoms with van der Waals surface area (Å²) in [6.07, 6.45) is 5.30. The number of anilines is 3. The molecule has 4 N–H and O–H groups in total. The Balaban J connectivity index is 1.61. The molecule has 4 aromatic rings. The average Bonchev–Trinajstić information content (AvgIpc) is 2.75. The number of fused-ring (bicyclic) bond motifs is 1. The number of nitrogen functional groups attached to an aromatic ring is 1. The van der Waals surface area contributed by atoms with E-state index in [-0.39, 0.29) is 12.2 Å². The van der Waals surface area contributed by atoms with E-state index in [9.17, 15) is 8.42 Å². The van der Waals surface area contributed by atoms with Gasteiger partial charge in [0.15, 0.2) is 0 Å². The van der Waals surface area contributed by atoms with E-state index in [0.717, 1.165) is 33.0 Å². The van der Waals surface area contributed by atoms with Crippen LogP contribution in [0.4, 0.5) is 17.2 Å². The summed E-state index contributed by atoms with van der Waals surface area (Å²) in [4.78, 5) is 8.38. The van der Waals surface area contributed by atoms with Crippen molar-refractivity contribution < 1.29 is 8.42 Å². The smallest absolute Gasteiger partial charge is 0.322 e. The minimum absolute atomic E-state index is 0.158. The molecule has 0 atom stereocenters. The van der Waals surface area contributed by atoms with Crippen molar-refractivity contribution in [3.8, 4) is 17.2 Å². The number of aryl methyl sites for hydroxylation is 1. The van der Waals surface area contributed by atoms with Crippen LogP contribution in [0.25, 0.3) is 21.9 Å². The second-order valence-corrected chi connectivity index (χ2v) is 8.70. The van der Waals surface area contributed by atoms with Gasteiger partial charge in [-0.1, -0.05) is 12.1 Å². The van der Waals surface area contributed by atoms with E-state index < -0.39 is 10.2 Å². The summed E-state index contributed by atoms with van der Waals surface area (Å²) in [6, 6.07) is 16.0. The summed E-state index contributed by atoms with van der Waals surface area (Å²) in [5, 5.41) is 10.2. The van der Waals surface area contributed by atoms with Crippen molar-refractivity contribution in [2.75, 3.05) is 15.2 Å². The standard InChI is InChI=1S/C23H20N6O2S/c1-15-7-9-26-13-20(15)17-10-18-12-23(27-14-21(18)22(25)11-17)29-32(30,31)28-19-4-2-16(3-5-19)6-8-24/h2-5,7,9-14,28H,6,25H2,1H3,(H,27,29). The topological polar surface area (TPSA) is 134 Å². The van der Waals surface area contributed by atoms with Crippen molar-refractivity contribution in [3.63, 3.8) is 0 Å². The van der Waals surface area contributed by atoms with Crippen LogP contribution in [0.2, 0.25) is 0 Å². The van der Waals surface area contributed by atoms with E-state index in [4.69, 9.17) is 11.0 Å². The van der Waals surface area contributed by atoms with Crippen molar-refractivity contribution in [1.82, 2.24) is 9.97 Å². The van der Waals surface area contributed by atoms with Gasteiger partial charge in [0.2, 0.25) is 0 Å². The lowest BCUT2D eigenvalue weighted by molar-refractivity contribution is 0.606. The highest BCUT2D eigenvalue weighted by molar-refractivity contribution is 7.94. The maximum absolute atomic E-state index is 12.6. The van der Waals surface area contributed by atoms with Gasteiger partial charge >= 0.3 is 10.2 Å². The fourth-order valence-corrected chi connectivity index (χ4v) is 4.25. The molecule has 2 aromatic carbocycles. The van der Waals surface area contributed by atoms with Gasteiger partial charge in [-0.15, -0.1) is 0 Å². The van der Waals surface area contributed by atoms with Gasteiger partial charge in [-0.05, 0) is 65.4 Å². The number of hydrogen-bond donors (Lipinski definition) is 3. The molecule has 0 spiro atoms. The number of nitriles is 1. The number of nitrogens with one attached hydrogen (secondary N) is 2. The van der Waals surface area contributed by atoms with Crippen LogP contribution in [0, 0.1) is 18.3 Å². The van der Waals surface area contributed by atoms with E-state index >= 15 is 0 Å². The van der Waals surface area contributed by atoms with E-state index in [1.54, 1.807) is 48.9 Å². The predicted octanol–water partition coefficient (Wildman–Crippen LogP) is 4.02. The molecule has 2 heterocycles. The fourth-order valence-electron chi connectivity index (χ4n) is 3.36. The third kappa shape index (κ3) is 4.61. The maximum atomic E-state index is 12.6. The summed E-state index contributed by atoms with van der Waals surface area (Å²) in [7, 11) is -3.93. The van der Waals surface area contributed by atoms with Crippen LogP contribution in [0.1, 0.15) is 11.1 Å². The predicted molar refractivity (Wildman–Crippen MR) is 126 cm³/mol. The highest BCUT2D eigenvalue weighted by Gasteiger charge is 2.13. The Morgan fingerprint density at radius 2 is 1.84 bits per heavy atom. The molecule has 9 heteroatoms. The van der Waals surface area contributed by atoms with Crippen LogP contribution in [0.5, 0.6) is 0 Å². The lowest BCUT2D eigenvalue weighted by Crippen LogP contribution is -2.22. The van der Waals surface area contributed by atoms with Crippen LogP contribution < -0.4 is 15.2 Å². The molecule has 160 valence electrons. The molecule has 0 amide bonds. The molecule has 0 saturated carbocycles. The molecule has 8 nitrogen and oxygen atoms in total. The first-order valence-electron chi connectivity index (χ1n) is 9.71. The molecular weight excluding hydrogens is 424 g/mol. The van der Waals surface area contributed by atoms with Gasteiger partial charge in [-0.3, -0.25) is 14.4 Å². The normalized spacial score (nSPS) is 11.1. The van der Waals surface area contributed by atoms with Gasteiger partial charge in [0, 0.05) is 35.2 Å². The van der Waals surface area contributed by atoms with E-state index in [2.05, 4.69) is 19.4 Å². The number of aromatic nitrogens is 2. The van der Waals surface area contributed by atoms with E-state index in [1.807, 2.05) is 31.2 Å². The SMILES string of the molecule is Cc1ccncc1-c1cc(N)c2cnc(NS(=O)(=O)Nc3ccc(CC#N)cc3)cc2c1. The molecule has 0 unspecified atom stereocenters. The van der Waals surface area contributed by atoms with E-state index in [1.165, 1.54) is 0 Å². The molecule has 0 aliphatic heterocycles. The number of hydrogen-bond acceptors (Lipinski definition) is 6. The molecule has 0 aliphatic rings. The Kier molecular flexibility index (Phi) is 5.62. The zero-order valence-corrected chi connectivity index (χ0v) is 18.0. The first kappa shape index (κ1) is 21.1. The molecule has 0 fully saturated rings. The molecule has 4 rings (SSSR count). The molecule has 0 aliphatic carbocycles. The van der Waals surface area contributed by atoms with Gasteiger partial charge in [0.05, 0.1) is 18.2 Å². The van der Waals surface area contributed by atoms with Crippen LogP contribution in [-0.4, -0.2) is 18.4 Å². The van der Waals surface area contributed by atoms with Crippen molar-refractivity contribution >= 4 is 38.2 Å². The Hall–Kier alpha value is -4.16. The summed E-state index contributed by atoms with van der Waals surface area (Å²) in [5.74, 6) is 0.158. The van der Waals surface area contributed by atoms with Crippen molar-refractivity contribution in [1.29, 1.82) is 5.26 Å².